The van der Waals surface area contributed by atoms with Crippen LogP contribution in [0.25, 0.3) is 17.0 Å². The molecule has 9 heteroatoms. The highest BCUT2D eigenvalue weighted by Crippen LogP contribution is 2.40. The zero-order valence-corrected chi connectivity index (χ0v) is 19.9. The van der Waals surface area contributed by atoms with E-state index in [1.54, 1.807) is 55.5 Å². The highest BCUT2D eigenvalue weighted by Gasteiger charge is 2.36. The van der Waals surface area contributed by atoms with Crippen molar-refractivity contribution in [1.82, 2.24) is 15.5 Å². The second-order valence-corrected chi connectivity index (χ2v) is 8.12. The van der Waals surface area contributed by atoms with Gasteiger partial charge >= 0.3 is 6.03 Å². The second kappa shape index (κ2) is 9.53. The molecule has 1 N–H and O–H groups in total. The maximum Gasteiger partial charge on any atom is 0.326 e. The SMILES string of the molecule is COc1ccc(N2C(=O)NC(c3cccc(OC)c3)C(c3nc(-c4ccc(F)cc4)no3)=C2C)cc1. The van der Waals surface area contributed by atoms with Crippen LogP contribution < -0.4 is 19.7 Å². The molecule has 2 heterocycles. The van der Waals surface area contributed by atoms with Gasteiger partial charge in [0.15, 0.2) is 0 Å². The summed E-state index contributed by atoms with van der Waals surface area (Å²) in [4.78, 5) is 19.5. The maximum absolute atomic E-state index is 13.4. The Bertz CT molecular complexity index is 1430. The number of methoxy groups -OCH3 is 2. The number of nitrogens with zero attached hydrogens (tertiary/aromatic N) is 3. The van der Waals surface area contributed by atoms with Crippen molar-refractivity contribution in [3.8, 4) is 22.9 Å². The fourth-order valence-corrected chi connectivity index (χ4v) is 4.18. The number of urea groups is 1. The third-order valence-corrected chi connectivity index (χ3v) is 6.00. The minimum absolute atomic E-state index is 0.234. The zero-order chi connectivity index (χ0) is 25.2. The summed E-state index contributed by atoms with van der Waals surface area (Å²) in [5.41, 5.74) is 3.28. The highest BCUT2D eigenvalue weighted by atomic mass is 19.1. The van der Waals surface area contributed by atoms with E-state index in [2.05, 4.69) is 15.5 Å². The largest absolute Gasteiger partial charge is 0.497 e. The van der Waals surface area contributed by atoms with Gasteiger partial charge in [-0.15, -0.1) is 0 Å². The number of nitrogens with one attached hydrogen (secondary N) is 1. The Morgan fingerprint density at radius 3 is 2.39 bits per heavy atom. The molecule has 1 aliphatic rings. The van der Waals surface area contributed by atoms with Crippen LogP contribution in [0.3, 0.4) is 0 Å². The van der Waals surface area contributed by atoms with Gasteiger partial charge in [0.2, 0.25) is 5.82 Å². The summed E-state index contributed by atoms with van der Waals surface area (Å²) < 4.78 is 29.7. The van der Waals surface area contributed by atoms with Crippen LogP contribution in [0.5, 0.6) is 11.5 Å². The van der Waals surface area contributed by atoms with Crippen LogP contribution in [-0.2, 0) is 0 Å². The Hall–Kier alpha value is -4.66. The number of ether oxygens (including phenoxy) is 2. The molecular formula is C27H23FN4O4. The lowest BCUT2D eigenvalue weighted by Crippen LogP contribution is -2.46. The smallest absolute Gasteiger partial charge is 0.326 e. The molecule has 0 saturated carbocycles. The van der Waals surface area contributed by atoms with Crippen molar-refractivity contribution in [3.63, 3.8) is 0 Å². The predicted molar refractivity (Wildman–Crippen MR) is 132 cm³/mol. The number of carbonyl (C=O) groups is 1. The molecular weight excluding hydrogens is 463 g/mol. The van der Waals surface area contributed by atoms with Gasteiger partial charge in [0.25, 0.3) is 5.89 Å². The number of rotatable bonds is 6. The monoisotopic (exact) mass is 486 g/mol. The highest BCUT2D eigenvalue weighted by molar-refractivity contribution is 6.01. The second-order valence-electron chi connectivity index (χ2n) is 8.12. The number of aromatic nitrogens is 2. The standard InChI is InChI=1S/C27H23FN4O4/c1-16-23(26-30-25(31-36-26)17-7-9-19(28)10-8-17)24(18-5-4-6-22(15-18)35-3)29-27(33)32(16)20-11-13-21(34-2)14-12-20/h4-15,24H,1-3H3,(H,29,33). The van der Waals surface area contributed by atoms with E-state index >= 15 is 0 Å². The van der Waals surface area contributed by atoms with Crippen LogP contribution >= 0.6 is 0 Å². The molecule has 0 radical (unpaired) electrons. The Morgan fingerprint density at radius 2 is 1.69 bits per heavy atom. The van der Waals surface area contributed by atoms with Crippen molar-refractivity contribution in [1.29, 1.82) is 0 Å². The lowest BCUT2D eigenvalue weighted by Gasteiger charge is -2.35. The number of allylic oxidation sites excluding steroid dienone is 1. The molecule has 0 fully saturated rings. The van der Waals surface area contributed by atoms with Crippen LogP contribution in [0.1, 0.15) is 24.4 Å². The van der Waals surface area contributed by atoms with E-state index in [4.69, 9.17) is 14.0 Å². The Morgan fingerprint density at radius 1 is 0.972 bits per heavy atom. The predicted octanol–water partition coefficient (Wildman–Crippen LogP) is 5.60. The van der Waals surface area contributed by atoms with E-state index in [-0.39, 0.29) is 17.7 Å². The third-order valence-electron chi connectivity index (χ3n) is 6.00. The first-order chi connectivity index (χ1) is 17.5. The molecule has 1 aromatic heterocycles. The van der Waals surface area contributed by atoms with Crippen LogP contribution in [0.2, 0.25) is 0 Å². The van der Waals surface area contributed by atoms with E-state index in [1.165, 1.54) is 12.1 Å². The number of amides is 2. The molecule has 0 aliphatic carbocycles. The Balaban J connectivity index is 1.64. The van der Waals surface area contributed by atoms with E-state index in [0.29, 0.717) is 39.8 Å². The minimum Gasteiger partial charge on any atom is -0.497 e. The molecule has 2 amide bonds. The van der Waals surface area contributed by atoms with Crippen molar-refractivity contribution in [2.75, 3.05) is 19.1 Å². The Kier molecular flexibility index (Phi) is 6.12. The van der Waals surface area contributed by atoms with E-state index in [1.807, 2.05) is 31.2 Å². The number of halogens is 1. The van der Waals surface area contributed by atoms with E-state index in [9.17, 15) is 9.18 Å². The fourth-order valence-electron chi connectivity index (χ4n) is 4.18. The van der Waals surface area contributed by atoms with Crippen molar-refractivity contribution < 1.29 is 23.2 Å². The van der Waals surface area contributed by atoms with Gasteiger partial charge in [-0.25, -0.2) is 9.18 Å². The molecule has 5 rings (SSSR count). The summed E-state index contributed by atoms with van der Waals surface area (Å²) in [5, 5.41) is 7.17. The lowest BCUT2D eigenvalue weighted by molar-refractivity contribution is 0.244. The molecule has 0 spiro atoms. The summed E-state index contributed by atoms with van der Waals surface area (Å²) in [6.45, 7) is 1.83. The minimum atomic E-state index is -0.580. The normalized spacial score (nSPS) is 15.6. The van der Waals surface area contributed by atoms with Crippen LogP contribution in [0.15, 0.2) is 83.0 Å². The zero-order valence-electron chi connectivity index (χ0n) is 19.9. The molecule has 1 aliphatic heterocycles. The third kappa shape index (κ3) is 4.26. The summed E-state index contributed by atoms with van der Waals surface area (Å²) in [7, 11) is 3.16. The van der Waals surface area contributed by atoms with Gasteiger partial charge in [0, 0.05) is 11.3 Å². The first-order valence-electron chi connectivity index (χ1n) is 11.2. The molecule has 1 unspecified atom stereocenters. The molecule has 0 bridgehead atoms. The summed E-state index contributed by atoms with van der Waals surface area (Å²) >= 11 is 0. The number of hydrogen-bond acceptors (Lipinski definition) is 6. The average molecular weight is 487 g/mol. The lowest BCUT2D eigenvalue weighted by atomic mass is 9.94. The van der Waals surface area contributed by atoms with Gasteiger partial charge in [-0.2, -0.15) is 4.98 Å². The number of carbonyl (C=O) groups excluding carboxylic acids is 1. The van der Waals surface area contributed by atoms with Crippen molar-refractivity contribution in [3.05, 3.63) is 95.8 Å². The Labute approximate surface area is 207 Å². The first kappa shape index (κ1) is 23.1. The fraction of sp³-hybridized carbons (Fsp3) is 0.148. The molecule has 4 aromatic rings. The summed E-state index contributed by atoms with van der Waals surface area (Å²) in [6.07, 6.45) is 0. The first-order valence-corrected chi connectivity index (χ1v) is 11.2. The molecule has 182 valence electrons. The molecule has 8 nitrogen and oxygen atoms in total. The van der Waals surface area contributed by atoms with Crippen molar-refractivity contribution >= 4 is 17.3 Å². The number of benzene rings is 3. The van der Waals surface area contributed by atoms with Gasteiger partial charge in [-0.05, 0) is 73.2 Å². The van der Waals surface area contributed by atoms with Crippen LogP contribution in [0, 0.1) is 5.82 Å². The molecule has 1 atom stereocenters. The molecule has 3 aromatic carbocycles. The van der Waals surface area contributed by atoms with Crippen molar-refractivity contribution in [2.24, 2.45) is 0 Å². The summed E-state index contributed by atoms with van der Waals surface area (Å²) in [5.74, 6) is 1.51. The molecule has 36 heavy (non-hydrogen) atoms. The van der Waals surface area contributed by atoms with Gasteiger partial charge in [0.1, 0.15) is 17.3 Å². The maximum atomic E-state index is 13.4. The quantitative estimate of drug-likeness (QED) is 0.382. The van der Waals surface area contributed by atoms with Crippen LogP contribution in [-0.4, -0.2) is 30.4 Å². The molecule has 0 saturated heterocycles. The van der Waals surface area contributed by atoms with Crippen LogP contribution in [0.4, 0.5) is 14.9 Å². The number of anilines is 1. The number of hydrogen-bond donors (Lipinski definition) is 1. The van der Waals surface area contributed by atoms with Gasteiger partial charge in [-0.1, -0.05) is 17.3 Å². The van der Waals surface area contributed by atoms with Gasteiger partial charge in [-0.3, -0.25) is 4.90 Å². The van der Waals surface area contributed by atoms with Crippen molar-refractivity contribution in [2.45, 2.75) is 13.0 Å². The average Bonchev–Trinajstić information content (AvgIpc) is 3.39. The van der Waals surface area contributed by atoms with E-state index in [0.717, 1.165) is 5.56 Å². The van der Waals surface area contributed by atoms with E-state index < -0.39 is 6.04 Å². The van der Waals surface area contributed by atoms with Gasteiger partial charge in [0.05, 0.1) is 31.5 Å². The topological polar surface area (TPSA) is 89.7 Å². The van der Waals surface area contributed by atoms with Gasteiger partial charge < -0.3 is 19.3 Å². The summed E-state index contributed by atoms with van der Waals surface area (Å²) in [6, 6.07) is 19.5.